The molecule has 1 N–H and O–H groups in total. The first-order valence-electron chi connectivity index (χ1n) is 6.08. The van der Waals surface area contributed by atoms with Gasteiger partial charge >= 0.3 is 6.18 Å². The van der Waals surface area contributed by atoms with Gasteiger partial charge in [0.05, 0.1) is 12.1 Å². The summed E-state index contributed by atoms with van der Waals surface area (Å²) in [7, 11) is 0. The fraction of sp³-hybridized carbons (Fsp3) is 0.429. The lowest BCUT2D eigenvalue weighted by Crippen LogP contribution is -2.46. The van der Waals surface area contributed by atoms with Crippen LogP contribution in [0.2, 0.25) is 0 Å². The average Bonchev–Trinajstić information content (AvgIpc) is 2.39. The first kappa shape index (κ1) is 13.9. The minimum atomic E-state index is -4.31. The number of nitrogens with one attached hydrogen (secondary N) is 1. The van der Waals surface area contributed by atoms with Crippen molar-refractivity contribution in [2.24, 2.45) is 0 Å². The minimum absolute atomic E-state index is 0.105. The van der Waals surface area contributed by atoms with Crippen molar-refractivity contribution < 1.29 is 13.2 Å². The van der Waals surface area contributed by atoms with Gasteiger partial charge in [-0.25, -0.2) is 0 Å². The highest BCUT2D eigenvalue weighted by atomic mass is 19.4. The van der Waals surface area contributed by atoms with E-state index in [9.17, 15) is 13.2 Å². The Morgan fingerprint density at radius 2 is 2.21 bits per heavy atom. The van der Waals surface area contributed by atoms with E-state index >= 15 is 0 Å². The Morgan fingerprint density at radius 1 is 1.42 bits per heavy atom. The molecule has 5 heteroatoms. The monoisotopic (exact) mass is 268 g/mol. The number of piperazine rings is 1. The van der Waals surface area contributed by atoms with Crippen LogP contribution in [-0.2, 0) is 6.18 Å². The van der Waals surface area contributed by atoms with Gasteiger partial charge in [0.2, 0.25) is 0 Å². The zero-order valence-corrected chi connectivity index (χ0v) is 10.4. The van der Waals surface area contributed by atoms with Crippen LogP contribution < -0.4 is 5.32 Å². The number of alkyl halides is 3. The highest BCUT2D eigenvalue weighted by Crippen LogP contribution is 2.32. The van der Waals surface area contributed by atoms with Crippen LogP contribution in [0.1, 0.15) is 17.2 Å². The SMILES string of the molecule is C#CCN1CCNCC1c1cccc(C(F)(F)F)c1. The molecule has 0 amide bonds. The van der Waals surface area contributed by atoms with E-state index in [0.717, 1.165) is 19.2 Å². The average molecular weight is 268 g/mol. The lowest BCUT2D eigenvalue weighted by Gasteiger charge is -2.35. The maximum atomic E-state index is 12.7. The van der Waals surface area contributed by atoms with Crippen LogP contribution in [0.15, 0.2) is 24.3 Å². The first-order chi connectivity index (χ1) is 9.02. The van der Waals surface area contributed by atoms with Gasteiger partial charge in [-0.15, -0.1) is 6.42 Å². The molecule has 0 aromatic heterocycles. The predicted octanol–water partition coefficient (Wildman–Crippen LogP) is 2.28. The van der Waals surface area contributed by atoms with Gasteiger partial charge in [-0.3, -0.25) is 4.90 Å². The zero-order valence-electron chi connectivity index (χ0n) is 10.4. The standard InChI is InChI=1S/C14H15F3N2/c1-2-7-19-8-6-18-10-13(19)11-4-3-5-12(9-11)14(15,16)17/h1,3-5,9,13,18H,6-8,10H2. The summed E-state index contributed by atoms with van der Waals surface area (Å²) >= 11 is 0. The van der Waals surface area contributed by atoms with Crippen LogP contribution in [0.3, 0.4) is 0 Å². The predicted molar refractivity (Wildman–Crippen MR) is 67.5 cm³/mol. The van der Waals surface area contributed by atoms with Gasteiger partial charge < -0.3 is 5.32 Å². The molecule has 1 saturated heterocycles. The van der Waals surface area contributed by atoms with Crippen molar-refractivity contribution in [3.8, 4) is 12.3 Å². The van der Waals surface area contributed by atoms with E-state index in [1.54, 1.807) is 6.07 Å². The number of halogens is 3. The molecule has 1 heterocycles. The molecule has 1 atom stereocenters. The van der Waals surface area contributed by atoms with Crippen LogP contribution in [0.25, 0.3) is 0 Å². The fourth-order valence-electron chi connectivity index (χ4n) is 2.30. The van der Waals surface area contributed by atoms with Crippen molar-refractivity contribution in [1.82, 2.24) is 10.2 Å². The summed E-state index contributed by atoms with van der Waals surface area (Å²) in [5, 5.41) is 3.19. The Morgan fingerprint density at radius 3 is 2.89 bits per heavy atom. The molecule has 0 radical (unpaired) electrons. The zero-order chi connectivity index (χ0) is 13.9. The number of nitrogens with zero attached hydrogens (tertiary/aromatic N) is 1. The molecule has 0 spiro atoms. The molecule has 19 heavy (non-hydrogen) atoms. The molecule has 1 aliphatic rings. The molecular weight excluding hydrogens is 253 g/mol. The molecule has 0 aliphatic carbocycles. The number of hydrogen-bond acceptors (Lipinski definition) is 2. The molecular formula is C14H15F3N2. The van der Waals surface area contributed by atoms with Gasteiger partial charge in [0.25, 0.3) is 0 Å². The van der Waals surface area contributed by atoms with Gasteiger partial charge in [-0.1, -0.05) is 18.1 Å². The maximum absolute atomic E-state index is 12.7. The van der Waals surface area contributed by atoms with E-state index < -0.39 is 11.7 Å². The van der Waals surface area contributed by atoms with Crippen molar-refractivity contribution in [1.29, 1.82) is 0 Å². The van der Waals surface area contributed by atoms with E-state index in [-0.39, 0.29) is 6.04 Å². The summed E-state index contributed by atoms with van der Waals surface area (Å²) in [6, 6.07) is 5.36. The van der Waals surface area contributed by atoms with Crippen LogP contribution in [0, 0.1) is 12.3 Å². The van der Waals surface area contributed by atoms with Crippen molar-refractivity contribution >= 4 is 0 Å². The second-order valence-corrected chi connectivity index (χ2v) is 4.52. The lowest BCUT2D eigenvalue weighted by atomic mass is 10.0. The summed E-state index contributed by atoms with van der Waals surface area (Å²) in [5.74, 6) is 2.56. The summed E-state index contributed by atoms with van der Waals surface area (Å²) in [6.07, 6.45) is 0.996. The van der Waals surface area contributed by atoms with Crippen molar-refractivity contribution in [2.45, 2.75) is 12.2 Å². The minimum Gasteiger partial charge on any atom is -0.314 e. The number of benzene rings is 1. The largest absolute Gasteiger partial charge is 0.416 e. The number of hydrogen-bond donors (Lipinski definition) is 1. The molecule has 0 bridgehead atoms. The molecule has 102 valence electrons. The summed E-state index contributed by atoms with van der Waals surface area (Å²) < 4.78 is 38.2. The summed E-state index contributed by atoms with van der Waals surface area (Å²) in [6.45, 7) is 2.60. The summed E-state index contributed by atoms with van der Waals surface area (Å²) in [4.78, 5) is 2.02. The van der Waals surface area contributed by atoms with Crippen LogP contribution in [-0.4, -0.2) is 31.1 Å². The normalized spacial score (nSPS) is 21.1. The van der Waals surface area contributed by atoms with Gasteiger partial charge in [0.1, 0.15) is 0 Å². The smallest absolute Gasteiger partial charge is 0.314 e. The van der Waals surface area contributed by atoms with E-state index in [1.165, 1.54) is 12.1 Å². The molecule has 1 unspecified atom stereocenters. The number of rotatable bonds is 2. The number of terminal acetylenes is 1. The quantitative estimate of drug-likeness (QED) is 0.828. The Labute approximate surface area is 110 Å². The van der Waals surface area contributed by atoms with Crippen molar-refractivity contribution in [3.63, 3.8) is 0 Å². The van der Waals surface area contributed by atoms with E-state index in [1.807, 2.05) is 4.90 Å². The van der Waals surface area contributed by atoms with Crippen LogP contribution in [0.4, 0.5) is 13.2 Å². The maximum Gasteiger partial charge on any atom is 0.416 e. The molecule has 1 aromatic carbocycles. The van der Waals surface area contributed by atoms with Crippen molar-refractivity contribution in [2.75, 3.05) is 26.2 Å². The molecule has 1 aromatic rings. The third kappa shape index (κ3) is 3.28. The highest BCUT2D eigenvalue weighted by Gasteiger charge is 2.32. The van der Waals surface area contributed by atoms with Crippen LogP contribution >= 0.6 is 0 Å². The van der Waals surface area contributed by atoms with Crippen molar-refractivity contribution in [3.05, 3.63) is 35.4 Å². The van der Waals surface area contributed by atoms with E-state index in [2.05, 4.69) is 11.2 Å². The summed E-state index contributed by atoms with van der Waals surface area (Å²) in [5.41, 5.74) is 0.0357. The topological polar surface area (TPSA) is 15.3 Å². The molecule has 2 rings (SSSR count). The Bertz CT molecular complexity index is 476. The Balaban J connectivity index is 2.27. The molecule has 2 nitrogen and oxygen atoms in total. The third-order valence-corrected chi connectivity index (χ3v) is 3.25. The second kappa shape index (κ2) is 5.64. The Kier molecular flexibility index (Phi) is 4.13. The highest BCUT2D eigenvalue weighted by molar-refractivity contribution is 5.28. The Hall–Kier alpha value is -1.51. The van der Waals surface area contributed by atoms with E-state index in [4.69, 9.17) is 6.42 Å². The van der Waals surface area contributed by atoms with Gasteiger partial charge in [-0.05, 0) is 17.7 Å². The van der Waals surface area contributed by atoms with E-state index in [0.29, 0.717) is 18.7 Å². The molecule has 0 saturated carbocycles. The van der Waals surface area contributed by atoms with Gasteiger partial charge in [-0.2, -0.15) is 13.2 Å². The molecule has 1 fully saturated rings. The fourth-order valence-corrected chi connectivity index (χ4v) is 2.30. The first-order valence-corrected chi connectivity index (χ1v) is 6.08. The second-order valence-electron chi connectivity index (χ2n) is 4.52. The van der Waals surface area contributed by atoms with Gasteiger partial charge in [0, 0.05) is 25.7 Å². The van der Waals surface area contributed by atoms with Crippen LogP contribution in [0.5, 0.6) is 0 Å². The lowest BCUT2D eigenvalue weighted by molar-refractivity contribution is -0.137. The van der Waals surface area contributed by atoms with Gasteiger partial charge in [0.15, 0.2) is 0 Å². The molecule has 1 aliphatic heterocycles. The third-order valence-electron chi connectivity index (χ3n) is 3.25.